The fraction of sp³-hybridized carbons (Fsp3) is 0.300. The predicted octanol–water partition coefficient (Wildman–Crippen LogP) is 4.20. The van der Waals surface area contributed by atoms with Crippen LogP contribution in [0.5, 0.6) is 0 Å². The highest BCUT2D eigenvalue weighted by molar-refractivity contribution is 9.10. The summed E-state index contributed by atoms with van der Waals surface area (Å²) in [6.07, 6.45) is 0.655. The van der Waals surface area contributed by atoms with E-state index in [2.05, 4.69) is 21.2 Å². The summed E-state index contributed by atoms with van der Waals surface area (Å²) in [6, 6.07) is 10.1. The van der Waals surface area contributed by atoms with Crippen LogP contribution in [0.4, 0.5) is 11.4 Å². The molecule has 0 unspecified atom stereocenters. The van der Waals surface area contributed by atoms with Crippen LogP contribution in [0.3, 0.4) is 0 Å². The van der Waals surface area contributed by atoms with Crippen LogP contribution in [-0.2, 0) is 25.8 Å². The number of hydrogen-bond donors (Lipinski definition) is 1. The molecule has 9 heteroatoms. The van der Waals surface area contributed by atoms with Crippen LogP contribution >= 0.6 is 27.5 Å². The van der Waals surface area contributed by atoms with Crippen LogP contribution in [-0.4, -0.2) is 32.5 Å². The molecule has 0 saturated heterocycles. The average molecular weight is 500 g/mol. The molecule has 154 valence electrons. The van der Waals surface area contributed by atoms with Gasteiger partial charge in [-0.1, -0.05) is 46.6 Å². The highest BCUT2D eigenvalue weighted by atomic mass is 79.9. The second-order valence-electron chi connectivity index (χ2n) is 6.66. The molecule has 1 aliphatic heterocycles. The Morgan fingerprint density at radius 1 is 1.24 bits per heavy atom. The predicted molar refractivity (Wildman–Crippen MR) is 117 cm³/mol. The van der Waals surface area contributed by atoms with Crippen LogP contribution in [0.15, 0.2) is 45.8 Å². The van der Waals surface area contributed by atoms with Gasteiger partial charge in [-0.2, -0.15) is 0 Å². The maximum Gasteiger partial charge on any atom is 0.226 e. The van der Waals surface area contributed by atoms with Crippen molar-refractivity contribution in [3.63, 3.8) is 0 Å². The minimum absolute atomic E-state index is 0.0757. The molecule has 2 amide bonds. The number of anilines is 2. The molecule has 0 aliphatic carbocycles. The summed E-state index contributed by atoms with van der Waals surface area (Å²) in [4.78, 5) is 26.1. The van der Waals surface area contributed by atoms with E-state index >= 15 is 0 Å². The molecule has 6 nitrogen and oxygen atoms in total. The van der Waals surface area contributed by atoms with Crippen molar-refractivity contribution in [3.05, 3.63) is 51.5 Å². The Morgan fingerprint density at radius 3 is 2.66 bits per heavy atom. The van der Waals surface area contributed by atoms with E-state index in [0.29, 0.717) is 33.8 Å². The van der Waals surface area contributed by atoms with Crippen molar-refractivity contribution in [2.75, 3.05) is 22.5 Å². The summed E-state index contributed by atoms with van der Waals surface area (Å²) in [5.74, 6) is -0.950. The zero-order chi connectivity index (χ0) is 21.2. The third-order valence-electron chi connectivity index (χ3n) is 4.68. The lowest BCUT2D eigenvalue weighted by Crippen LogP contribution is -2.29. The molecule has 0 aromatic heterocycles. The number of nitrogens with one attached hydrogen (secondary N) is 1. The lowest BCUT2D eigenvalue weighted by atomic mass is 10.2. The smallest absolute Gasteiger partial charge is 0.226 e. The van der Waals surface area contributed by atoms with Gasteiger partial charge in [-0.3, -0.25) is 9.59 Å². The van der Waals surface area contributed by atoms with E-state index in [1.807, 2.05) is 6.07 Å². The van der Waals surface area contributed by atoms with E-state index in [1.54, 1.807) is 31.2 Å². The number of sulfone groups is 1. The number of fused-ring (bicyclic) bond motifs is 1. The Bertz CT molecular complexity index is 1070. The van der Waals surface area contributed by atoms with Crippen molar-refractivity contribution < 1.29 is 18.0 Å². The van der Waals surface area contributed by atoms with Gasteiger partial charge in [0.25, 0.3) is 0 Å². The Kier molecular flexibility index (Phi) is 6.65. The van der Waals surface area contributed by atoms with Crippen molar-refractivity contribution in [3.8, 4) is 0 Å². The van der Waals surface area contributed by atoms with E-state index < -0.39 is 15.7 Å². The van der Waals surface area contributed by atoms with Crippen molar-refractivity contribution in [2.24, 2.45) is 0 Å². The largest absolute Gasteiger partial charge is 0.325 e. The number of halogens is 2. The zero-order valence-electron chi connectivity index (χ0n) is 15.7. The van der Waals surface area contributed by atoms with Crippen LogP contribution in [0, 0.1) is 0 Å². The summed E-state index contributed by atoms with van der Waals surface area (Å²) in [7, 11) is -3.80. The molecule has 1 aliphatic rings. The fourth-order valence-electron chi connectivity index (χ4n) is 3.26. The molecular weight excluding hydrogens is 480 g/mol. The molecule has 29 heavy (non-hydrogen) atoms. The fourth-order valence-corrected chi connectivity index (χ4v) is 5.62. The SMILES string of the molecule is CCC(=O)N1CCc2cc(Br)cc(S(=O)(=O)CCC(=O)Nc3ccccc3Cl)c21. The summed E-state index contributed by atoms with van der Waals surface area (Å²) in [6.45, 7) is 2.19. The maximum atomic E-state index is 13.1. The van der Waals surface area contributed by atoms with Gasteiger partial charge in [0.15, 0.2) is 9.84 Å². The van der Waals surface area contributed by atoms with E-state index in [-0.39, 0.29) is 29.4 Å². The number of nitrogens with zero attached hydrogens (tertiary/aromatic N) is 1. The third-order valence-corrected chi connectivity index (χ3v) is 7.19. The van der Waals surface area contributed by atoms with Gasteiger partial charge in [-0.05, 0) is 36.2 Å². The first kappa shape index (κ1) is 21.8. The number of carbonyl (C=O) groups excluding carboxylic acids is 2. The van der Waals surface area contributed by atoms with Crippen LogP contribution in [0.2, 0.25) is 5.02 Å². The van der Waals surface area contributed by atoms with Gasteiger partial charge in [0.05, 0.1) is 27.0 Å². The second kappa shape index (κ2) is 8.85. The molecule has 0 radical (unpaired) electrons. The number of benzene rings is 2. The van der Waals surface area contributed by atoms with Gasteiger partial charge < -0.3 is 10.2 Å². The van der Waals surface area contributed by atoms with E-state index in [1.165, 1.54) is 11.0 Å². The number of rotatable bonds is 6. The molecule has 0 spiro atoms. The van der Waals surface area contributed by atoms with Crippen LogP contribution in [0.25, 0.3) is 0 Å². The molecule has 0 atom stereocenters. The summed E-state index contributed by atoms with van der Waals surface area (Å²) >= 11 is 9.37. The van der Waals surface area contributed by atoms with Gasteiger partial charge in [0, 0.05) is 23.9 Å². The lowest BCUT2D eigenvalue weighted by molar-refractivity contribution is -0.118. The van der Waals surface area contributed by atoms with Crippen molar-refractivity contribution in [2.45, 2.75) is 31.1 Å². The first-order chi connectivity index (χ1) is 13.7. The summed E-state index contributed by atoms with van der Waals surface area (Å²) < 4.78 is 26.7. The summed E-state index contributed by atoms with van der Waals surface area (Å²) in [5, 5.41) is 3.00. The maximum absolute atomic E-state index is 13.1. The topological polar surface area (TPSA) is 83.6 Å². The molecule has 1 N–H and O–H groups in total. The highest BCUT2D eigenvalue weighted by Crippen LogP contribution is 2.38. The molecular formula is C20H20BrClN2O4S. The molecule has 1 heterocycles. The van der Waals surface area contributed by atoms with E-state index in [0.717, 1.165) is 5.56 Å². The standard InChI is InChI=1S/C20H20BrClN2O4S/c1-2-19(26)24-9-7-13-11-14(21)12-17(20(13)24)29(27,28)10-8-18(25)23-16-6-4-3-5-15(16)22/h3-6,11-12H,2,7-10H2,1H3,(H,23,25). The first-order valence-electron chi connectivity index (χ1n) is 9.13. The number of amides is 2. The average Bonchev–Trinajstić information content (AvgIpc) is 3.10. The summed E-state index contributed by atoms with van der Waals surface area (Å²) in [5.41, 5.74) is 1.67. The molecule has 0 saturated carbocycles. The third kappa shape index (κ3) is 4.82. The highest BCUT2D eigenvalue weighted by Gasteiger charge is 2.32. The molecule has 3 rings (SSSR count). The lowest BCUT2D eigenvalue weighted by Gasteiger charge is -2.20. The number of carbonyl (C=O) groups is 2. The van der Waals surface area contributed by atoms with Crippen LogP contribution < -0.4 is 10.2 Å². The molecule has 0 bridgehead atoms. The molecule has 0 fully saturated rings. The van der Waals surface area contributed by atoms with Gasteiger partial charge in [0.1, 0.15) is 0 Å². The molecule has 2 aromatic carbocycles. The van der Waals surface area contributed by atoms with Crippen LogP contribution in [0.1, 0.15) is 25.3 Å². The number of hydrogen-bond acceptors (Lipinski definition) is 4. The van der Waals surface area contributed by atoms with E-state index in [9.17, 15) is 18.0 Å². The van der Waals surface area contributed by atoms with Crippen molar-refractivity contribution in [1.29, 1.82) is 0 Å². The van der Waals surface area contributed by atoms with Crippen molar-refractivity contribution in [1.82, 2.24) is 0 Å². The minimum atomic E-state index is -3.80. The Hall–Kier alpha value is -1.90. The Balaban J connectivity index is 1.82. The van der Waals surface area contributed by atoms with Gasteiger partial charge in [-0.25, -0.2) is 8.42 Å². The number of para-hydroxylation sites is 1. The minimum Gasteiger partial charge on any atom is -0.325 e. The monoisotopic (exact) mass is 498 g/mol. The quantitative estimate of drug-likeness (QED) is 0.645. The van der Waals surface area contributed by atoms with Gasteiger partial charge >= 0.3 is 0 Å². The zero-order valence-corrected chi connectivity index (χ0v) is 18.9. The first-order valence-corrected chi connectivity index (χ1v) is 11.9. The van der Waals surface area contributed by atoms with Gasteiger partial charge in [0.2, 0.25) is 11.8 Å². The normalized spacial score (nSPS) is 13.3. The molecule has 2 aromatic rings. The van der Waals surface area contributed by atoms with Gasteiger partial charge in [-0.15, -0.1) is 0 Å². The Morgan fingerprint density at radius 2 is 1.97 bits per heavy atom. The van der Waals surface area contributed by atoms with Crippen molar-refractivity contribution >= 4 is 60.6 Å². The second-order valence-corrected chi connectivity index (χ2v) is 10.1. The Labute approximate surface area is 183 Å². The van der Waals surface area contributed by atoms with E-state index in [4.69, 9.17) is 11.6 Å².